The van der Waals surface area contributed by atoms with Gasteiger partial charge in [0.2, 0.25) is 0 Å². The van der Waals surface area contributed by atoms with Crippen LogP contribution in [0.3, 0.4) is 0 Å². The maximum absolute atomic E-state index is 12.7. The van der Waals surface area contributed by atoms with Crippen LogP contribution in [0.2, 0.25) is 5.02 Å². The van der Waals surface area contributed by atoms with Crippen molar-refractivity contribution in [2.45, 2.75) is 13.8 Å². The van der Waals surface area contributed by atoms with Crippen LogP contribution in [0, 0.1) is 13.8 Å². The summed E-state index contributed by atoms with van der Waals surface area (Å²) in [6.07, 6.45) is 0. The monoisotopic (exact) mass is 330 g/mol. The van der Waals surface area contributed by atoms with Crippen molar-refractivity contribution in [1.29, 1.82) is 0 Å². The van der Waals surface area contributed by atoms with E-state index in [9.17, 15) is 4.79 Å². The van der Waals surface area contributed by atoms with Crippen molar-refractivity contribution in [1.82, 2.24) is 14.9 Å². The summed E-state index contributed by atoms with van der Waals surface area (Å²) in [4.78, 5) is 12.7. The van der Waals surface area contributed by atoms with Gasteiger partial charge in [0.05, 0.1) is 10.7 Å². The third-order valence-electron chi connectivity index (χ3n) is 3.46. The number of aryl methyl sites for hydroxylation is 3. The lowest BCUT2D eigenvalue weighted by molar-refractivity contribution is 0.102. The molecule has 1 amide bonds. The van der Waals surface area contributed by atoms with Gasteiger partial charge in [0.1, 0.15) is 22.8 Å². The average molecular weight is 331 g/mol. The lowest BCUT2D eigenvalue weighted by Crippen LogP contribution is -2.15. The molecule has 1 aromatic carbocycles. The molecule has 6 nitrogen and oxygen atoms in total. The van der Waals surface area contributed by atoms with E-state index in [1.165, 1.54) is 0 Å². The molecule has 0 aliphatic carbocycles. The second kappa shape index (κ2) is 5.89. The fraction of sp³-hybridized carbons (Fsp3) is 0.188. The number of halogens is 1. The lowest BCUT2D eigenvalue weighted by atomic mass is 10.1. The Morgan fingerprint density at radius 3 is 2.70 bits per heavy atom. The highest BCUT2D eigenvalue weighted by Gasteiger charge is 2.23. The van der Waals surface area contributed by atoms with E-state index in [0.717, 1.165) is 5.69 Å². The van der Waals surface area contributed by atoms with E-state index in [4.69, 9.17) is 16.1 Å². The summed E-state index contributed by atoms with van der Waals surface area (Å²) in [7, 11) is 1.76. The molecule has 0 unspecified atom stereocenters. The first-order chi connectivity index (χ1) is 11.0. The molecule has 3 aromatic rings. The standard InChI is InChI=1S/C16H15ClN4O2/c1-9-8-13(21(3)19-9)18-16(22)14-10(2)23-20-15(14)11-6-4-5-7-12(11)17/h4-8H,1-3H3,(H,18,22). The van der Waals surface area contributed by atoms with Crippen molar-refractivity contribution in [2.75, 3.05) is 5.32 Å². The normalized spacial score (nSPS) is 10.8. The number of nitrogens with zero attached hydrogens (tertiary/aromatic N) is 3. The Morgan fingerprint density at radius 1 is 1.30 bits per heavy atom. The third kappa shape index (κ3) is 2.85. The predicted octanol–water partition coefficient (Wildman–Crippen LogP) is 3.60. The minimum Gasteiger partial charge on any atom is -0.360 e. The van der Waals surface area contributed by atoms with Gasteiger partial charge in [-0.05, 0) is 19.9 Å². The predicted molar refractivity (Wildman–Crippen MR) is 87.6 cm³/mol. The number of rotatable bonds is 3. The van der Waals surface area contributed by atoms with Crippen molar-refractivity contribution >= 4 is 23.3 Å². The summed E-state index contributed by atoms with van der Waals surface area (Å²) in [5.41, 5.74) is 2.25. The lowest BCUT2D eigenvalue weighted by Gasteiger charge is -2.06. The molecule has 0 bridgehead atoms. The molecule has 0 radical (unpaired) electrons. The largest absolute Gasteiger partial charge is 0.360 e. The van der Waals surface area contributed by atoms with Crippen molar-refractivity contribution in [3.8, 4) is 11.3 Å². The highest BCUT2D eigenvalue weighted by atomic mass is 35.5. The minimum atomic E-state index is -0.318. The summed E-state index contributed by atoms with van der Waals surface area (Å²) < 4.78 is 6.81. The van der Waals surface area contributed by atoms with E-state index in [2.05, 4.69) is 15.6 Å². The molecule has 0 aliphatic rings. The van der Waals surface area contributed by atoms with Crippen LogP contribution in [0.15, 0.2) is 34.9 Å². The number of anilines is 1. The molecule has 23 heavy (non-hydrogen) atoms. The molecule has 3 rings (SSSR count). The van der Waals surface area contributed by atoms with Crippen LogP contribution in [-0.2, 0) is 7.05 Å². The topological polar surface area (TPSA) is 73.0 Å². The van der Waals surface area contributed by atoms with Gasteiger partial charge in [-0.25, -0.2) is 0 Å². The van der Waals surface area contributed by atoms with E-state index in [-0.39, 0.29) is 5.91 Å². The van der Waals surface area contributed by atoms with Crippen molar-refractivity contribution in [3.63, 3.8) is 0 Å². The van der Waals surface area contributed by atoms with Crippen LogP contribution in [0.1, 0.15) is 21.8 Å². The maximum atomic E-state index is 12.7. The molecule has 0 atom stereocenters. The third-order valence-corrected chi connectivity index (χ3v) is 3.79. The number of hydrogen-bond donors (Lipinski definition) is 1. The number of amides is 1. The van der Waals surface area contributed by atoms with Gasteiger partial charge in [0.25, 0.3) is 5.91 Å². The van der Waals surface area contributed by atoms with Gasteiger partial charge in [-0.3, -0.25) is 9.48 Å². The number of benzene rings is 1. The van der Waals surface area contributed by atoms with E-state index >= 15 is 0 Å². The molecule has 2 heterocycles. The number of aromatic nitrogens is 3. The Hall–Kier alpha value is -2.60. The highest BCUT2D eigenvalue weighted by molar-refractivity contribution is 6.33. The first kappa shape index (κ1) is 15.3. The smallest absolute Gasteiger partial charge is 0.262 e. The SMILES string of the molecule is Cc1cc(NC(=O)c2c(-c3ccccc3Cl)noc2C)n(C)n1. The Balaban J connectivity index is 2.00. The molecule has 0 aliphatic heterocycles. The van der Waals surface area contributed by atoms with Gasteiger partial charge in [-0.2, -0.15) is 5.10 Å². The number of carbonyl (C=O) groups is 1. The summed E-state index contributed by atoms with van der Waals surface area (Å²) in [5.74, 6) is 0.705. The van der Waals surface area contributed by atoms with Crippen molar-refractivity contribution in [3.05, 3.63) is 52.4 Å². The Morgan fingerprint density at radius 2 is 2.04 bits per heavy atom. The molecular weight excluding hydrogens is 316 g/mol. The quantitative estimate of drug-likeness (QED) is 0.796. The molecule has 0 saturated heterocycles. The maximum Gasteiger partial charge on any atom is 0.262 e. The van der Waals surface area contributed by atoms with Gasteiger partial charge in [0, 0.05) is 18.7 Å². The highest BCUT2D eigenvalue weighted by Crippen LogP contribution is 2.31. The summed E-state index contributed by atoms with van der Waals surface area (Å²) in [6, 6.07) is 8.97. The zero-order valence-electron chi connectivity index (χ0n) is 12.9. The molecule has 0 fully saturated rings. The Bertz CT molecular complexity index is 882. The molecule has 1 N–H and O–H groups in total. The zero-order chi connectivity index (χ0) is 16.6. The average Bonchev–Trinajstić information content (AvgIpc) is 3.02. The molecule has 0 spiro atoms. The number of nitrogens with one attached hydrogen (secondary N) is 1. The molecule has 7 heteroatoms. The Kier molecular flexibility index (Phi) is 3.92. The van der Waals surface area contributed by atoms with Gasteiger partial charge in [-0.15, -0.1) is 0 Å². The fourth-order valence-corrected chi connectivity index (χ4v) is 2.61. The number of carbonyl (C=O) groups excluding carboxylic acids is 1. The summed E-state index contributed by atoms with van der Waals surface area (Å²) in [5, 5.41) is 11.5. The zero-order valence-corrected chi connectivity index (χ0v) is 13.7. The van der Waals surface area contributed by atoms with Crippen LogP contribution in [-0.4, -0.2) is 20.8 Å². The second-order valence-corrected chi connectivity index (χ2v) is 5.60. The van der Waals surface area contributed by atoms with Crippen molar-refractivity contribution in [2.24, 2.45) is 7.05 Å². The van der Waals surface area contributed by atoms with Crippen LogP contribution < -0.4 is 5.32 Å². The van der Waals surface area contributed by atoms with Gasteiger partial charge < -0.3 is 9.84 Å². The molecular formula is C16H15ClN4O2. The first-order valence-electron chi connectivity index (χ1n) is 7.00. The van der Waals surface area contributed by atoms with Crippen molar-refractivity contribution < 1.29 is 9.32 Å². The summed E-state index contributed by atoms with van der Waals surface area (Å²) >= 11 is 6.21. The first-order valence-corrected chi connectivity index (χ1v) is 7.38. The van der Waals surface area contributed by atoms with E-state index in [1.807, 2.05) is 19.1 Å². The molecule has 2 aromatic heterocycles. The summed E-state index contributed by atoms with van der Waals surface area (Å²) in [6.45, 7) is 3.55. The fourth-order valence-electron chi connectivity index (χ4n) is 2.38. The minimum absolute atomic E-state index is 0.318. The number of hydrogen-bond acceptors (Lipinski definition) is 4. The van der Waals surface area contributed by atoms with Gasteiger partial charge >= 0.3 is 0 Å². The van der Waals surface area contributed by atoms with Crippen LogP contribution in [0.25, 0.3) is 11.3 Å². The second-order valence-electron chi connectivity index (χ2n) is 5.19. The molecule has 0 saturated carbocycles. The van der Waals surface area contributed by atoms with E-state index < -0.39 is 0 Å². The van der Waals surface area contributed by atoms with Crippen LogP contribution in [0.5, 0.6) is 0 Å². The Labute approximate surface area is 138 Å². The van der Waals surface area contributed by atoms with Crippen LogP contribution >= 0.6 is 11.6 Å². The van der Waals surface area contributed by atoms with E-state index in [1.54, 1.807) is 36.9 Å². The van der Waals surface area contributed by atoms with E-state index in [0.29, 0.717) is 33.4 Å². The molecule has 118 valence electrons. The van der Waals surface area contributed by atoms with Gasteiger partial charge in [0.15, 0.2) is 0 Å². The van der Waals surface area contributed by atoms with Crippen LogP contribution in [0.4, 0.5) is 5.82 Å². The van der Waals surface area contributed by atoms with Gasteiger partial charge in [-0.1, -0.05) is 35.0 Å².